The Hall–Kier alpha value is -2.17. The van der Waals surface area contributed by atoms with E-state index in [1.807, 2.05) is 38.4 Å². The number of anilines is 2. The van der Waals surface area contributed by atoms with Crippen molar-refractivity contribution < 1.29 is 0 Å². The molecule has 0 saturated carbocycles. The molecule has 19 heavy (non-hydrogen) atoms. The van der Waals surface area contributed by atoms with Crippen molar-refractivity contribution >= 4 is 11.6 Å². The highest BCUT2D eigenvalue weighted by Gasteiger charge is 2.04. The summed E-state index contributed by atoms with van der Waals surface area (Å²) >= 11 is 0. The number of likely N-dealkylation sites (N-methyl/N-ethyl adjacent to an activating group) is 1. The first-order chi connectivity index (χ1) is 9.29. The SMILES string of the molecule is CCNc1cncc(N(C)CCc2ccccn2)n1. The maximum Gasteiger partial charge on any atom is 0.149 e. The zero-order valence-electron chi connectivity index (χ0n) is 11.4. The van der Waals surface area contributed by atoms with E-state index in [1.54, 1.807) is 12.4 Å². The zero-order valence-corrected chi connectivity index (χ0v) is 11.4. The second-order valence-electron chi connectivity index (χ2n) is 4.29. The molecule has 2 heterocycles. The van der Waals surface area contributed by atoms with Gasteiger partial charge in [-0.2, -0.15) is 0 Å². The number of hydrogen-bond donors (Lipinski definition) is 1. The molecule has 2 aromatic rings. The maximum absolute atomic E-state index is 4.51. The van der Waals surface area contributed by atoms with Crippen molar-refractivity contribution in [3.8, 4) is 0 Å². The molecule has 0 aliphatic rings. The summed E-state index contributed by atoms with van der Waals surface area (Å²) in [6.07, 6.45) is 6.23. The van der Waals surface area contributed by atoms with Gasteiger partial charge in [0, 0.05) is 38.4 Å². The Morgan fingerprint density at radius 2 is 2.16 bits per heavy atom. The molecular weight excluding hydrogens is 238 g/mol. The molecule has 0 fully saturated rings. The maximum atomic E-state index is 4.51. The van der Waals surface area contributed by atoms with E-state index in [0.29, 0.717) is 0 Å². The van der Waals surface area contributed by atoms with Crippen LogP contribution in [0, 0.1) is 0 Å². The van der Waals surface area contributed by atoms with E-state index in [9.17, 15) is 0 Å². The molecule has 0 atom stereocenters. The fourth-order valence-electron chi connectivity index (χ4n) is 1.75. The molecule has 2 aromatic heterocycles. The fraction of sp³-hybridized carbons (Fsp3) is 0.357. The molecule has 2 rings (SSSR count). The second kappa shape index (κ2) is 6.68. The summed E-state index contributed by atoms with van der Waals surface area (Å²) in [5.74, 6) is 1.68. The van der Waals surface area contributed by atoms with E-state index in [2.05, 4.69) is 25.2 Å². The molecule has 100 valence electrons. The van der Waals surface area contributed by atoms with Crippen LogP contribution in [-0.4, -0.2) is 35.1 Å². The van der Waals surface area contributed by atoms with Crippen LogP contribution in [-0.2, 0) is 6.42 Å². The third kappa shape index (κ3) is 3.91. The van der Waals surface area contributed by atoms with Crippen molar-refractivity contribution in [2.24, 2.45) is 0 Å². The molecule has 0 bridgehead atoms. The molecule has 0 unspecified atom stereocenters. The lowest BCUT2D eigenvalue weighted by Gasteiger charge is -2.18. The molecule has 0 aliphatic carbocycles. The van der Waals surface area contributed by atoms with E-state index in [4.69, 9.17) is 0 Å². The van der Waals surface area contributed by atoms with E-state index in [0.717, 1.165) is 36.8 Å². The smallest absolute Gasteiger partial charge is 0.149 e. The number of nitrogens with zero attached hydrogens (tertiary/aromatic N) is 4. The predicted molar refractivity (Wildman–Crippen MR) is 77.4 cm³/mol. The van der Waals surface area contributed by atoms with Crippen LogP contribution in [0.5, 0.6) is 0 Å². The third-order valence-electron chi connectivity index (χ3n) is 2.80. The number of aromatic nitrogens is 3. The van der Waals surface area contributed by atoms with Crippen LogP contribution in [0.1, 0.15) is 12.6 Å². The van der Waals surface area contributed by atoms with Gasteiger partial charge in [0.15, 0.2) is 0 Å². The van der Waals surface area contributed by atoms with Gasteiger partial charge in [-0.15, -0.1) is 0 Å². The fourth-order valence-corrected chi connectivity index (χ4v) is 1.75. The highest BCUT2D eigenvalue weighted by atomic mass is 15.2. The highest BCUT2D eigenvalue weighted by Crippen LogP contribution is 2.11. The van der Waals surface area contributed by atoms with Crippen molar-refractivity contribution in [3.63, 3.8) is 0 Å². The monoisotopic (exact) mass is 257 g/mol. The van der Waals surface area contributed by atoms with Crippen molar-refractivity contribution in [1.29, 1.82) is 0 Å². The molecule has 0 amide bonds. The summed E-state index contributed by atoms with van der Waals surface area (Å²) in [4.78, 5) is 15.1. The minimum Gasteiger partial charge on any atom is -0.369 e. The first-order valence-corrected chi connectivity index (χ1v) is 6.46. The van der Waals surface area contributed by atoms with Gasteiger partial charge in [0.2, 0.25) is 0 Å². The van der Waals surface area contributed by atoms with Crippen LogP contribution in [0.3, 0.4) is 0 Å². The lowest BCUT2D eigenvalue weighted by atomic mass is 10.2. The standard InChI is InChI=1S/C14H19N5/c1-3-16-13-10-15-11-14(18-13)19(2)9-7-12-6-4-5-8-17-12/h4-6,8,10-11H,3,7,9H2,1-2H3,(H,16,18). The normalized spacial score (nSPS) is 10.2. The number of rotatable bonds is 6. The first kappa shape index (κ1) is 13.3. The van der Waals surface area contributed by atoms with Crippen LogP contribution in [0.4, 0.5) is 11.6 Å². The second-order valence-corrected chi connectivity index (χ2v) is 4.29. The number of hydrogen-bond acceptors (Lipinski definition) is 5. The van der Waals surface area contributed by atoms with Gasteiger partial charge in [-0.05, 0) is 19.1 Å². The van der Waals surface area contributed by atoms with Gasteiger partial charge in [-0.3, -0.25) is 9.97 Å². The van der Waals surface area contributed by atoms with Gasteiger partial charge in [-0.1, -0.05) is 6.07 Å². The quantitative estimate of drug-likeness (QED) is 0.857. The lowest BCUT2D eigenvalue weighted by Crippen LogP contribution is -2.22. The molecular formula is C14H19N5. The predicted octanol–water partition coefficient (Wildman–Crippen LogP) is 1.98. The molecule has 0 radical (unpaired) electrons. The Bertz CT molecular complexity index is 500. The van der Waals surface area contributed by atoms with E-state index < -0.39 is 0 Å². The van der Waals surface area contributed by atoms with Crippen LogP contribution in [0.15, 0.2) is 36.8 Å². The topological polar surface area (TPSA) is 53.9 Å². The number of nitrogens with one attached hydrogen (secondary N) is 1. The van der Waals surface area contributed by atoms with E-state index >= 15 is 0 Å². The first-order valence-electron chi connectivity index (χ1n) is 6.46. The van der Waals surface area contributed by atoms with Crippen molar-refractivity contribution in [2.45, 2.75) is 13.3 Å². The molecule has 1 N–H and O–H groups in total. The van der Waals surface area contributed by atoms with Gasteiger partial charge >= 0.3 is 0 Å². The van der Waals surface area contributed by atoms with Crippen LogP contribution in [0.2, 0.25) is 0 Å². The van der Waals surface area contributed by atoms with E-state index in [1.165, 1.54) is 0 Å². The molecule has 0 saturated heterocycles. The number of pyridine rings is 1. The summed E-state index contributed by atoms with van der Waals surface area (Å²) in [6.45, 7) is 3.75. The van der Waals surface area contributed by atoms with Gasteiger partial charge in [0.05, 0.1) is 12.4 Å². The van der Waals surface area contributed by atoms with Gasteiger partial charge < -0.3 is 10.2 Å². The molecule has 0 spiro atoms. The molecule has 5 nitrogen and oxygen atoms in total. The van der Waals surface area contributed by atoms with Crippen molar-refractivity contribution in [2.75, 3.05) is 30.4 Å². The Morgan fingerprint density at radius 1 is 1.26 bits per heavy atom. The Kier molecular flexibility index (Phi) is 4.66. The summed E-state index contributed by atoms with van der Waals surface area (Å²) < 4.78 is 0. The minimum atomic E-state index is 0.810. The average Bonchev–Trinajstić information content (AvgIpc) is 2.46. The van der Waals surface area contributed by atoms with Crippen LogP contribution >= 0.6 is 0 Å². The third-order valence-corrected chi connectivity index (χ3v) is 2.80. The summed E-state index contributed by atoms with van der Waals surface area (Å²) in [7, 11) is 2.02. The van der Waals surface area contributed by atoms with Crippen LogP contribution < -0.4 is 10.2 Å². The molecule has 0 aromatic carbocycles. The zero-order chi connectivity index (χ0) is 13.5. The van der Waals surface area contributed by atoms with Crippen LogP contribution in [0.25, 0.3) is 0 Å². The van der Waals surface area contributed by atoms with Gasteiger partial charge in [-0.25, -0.2) is 4.98 Å². The summed E-state index contributed by atoms with van der Waals surface area (Å²) in [5.41, 5.74) is 1.09. The van der Waals surface area contributed by atoms with Crippen molar-refractivity contribution in [3.05, 3.63) is 42.5 Å². The average molecular weight is 257 g/mol. The Morgan fingerprint density at radius 3 is 2.89 bits per heavy atom. The lowest BCUT2D eigenvalue weighted by molar-refractivity contribution is 0.835. The molecule has 0 aliphatic heterocycles. The minimum absolute atomic E-state index is 0.810. The van der Waals surface area contributed by atoms with Gasteiger partial charge in [0.1, 0.15) is 11.6 Å². The Labute approximate surface area is 113 Å². The Balaban J connectivity index is 1.95. The summed E-state index contributed by atoms with van der Waals surface area (Å²) in [5, 5.41) is 3.16. The van der Waals surface area contributed by atoms with Gasteiger partial charge in [0.25, 0.3) is 0 Å². The highest BCUT2D eigenvalue weighted by molar-refractivity contribution is 5.43. The molecule has 5 heteroatoms. The largest absolute Gasteiger partial charge is 0.369 e. The summed E-state index contributed by atoms with van der Waals surface area (Å²) in [6, 6.07) is 5.97. The van der Waals surface area contributed by atoms with Crippen molar-refractivity contribution in [1.82, 2.24) is 15.0 Å². The van der Waals surface area contributed by atoms with E-state index in [-0.39, 0.29) is 0 Å².